The largest absolute Gasteiger partial charge is 0.330 e. The quantitative estimate of drug-likeness (QED) is 0.855. The van der Waals surface area contributed by atoms with Crippen molar-refractivity contribution in [2.45, 2.75) is 12.8 Å². The maximum absolute atomic E-state index is 13.7. The normalized spacial score (nSPS) is 20.9. The van der Waals surface area contributed by atoms with Crippen molar-refractivity contribution in [1.82, 2.24) is 4.31 Å². The summed E-state index contributed by atoms with van der Waals surface area (Å²) in [7, 11) is -3.77. The highest BCUT2D eigenvalue weighted by Crippen LogP contribution is 2.27. The SMILES string of the molecule is NCC1CCCN(S(=O)(=O)Nc2c(F)cccc2Br)C1. The highest BCUT2D eigenvalue weighted by molar-refractivity contribution is 9.10. The Morgan fingerprint density at radius 2 is 2.25 bits per heavy atom. The molecular formula is C12H17BrFN3O2S. The van der Waals surface area contributed by atoms with Gasteiger partial charge in [0.05, 0.1) is 5.69 Å². The van der Waals surface area contributed by atoms with Gasteiger partial charge in [-0.15, -0.1) is 0 Å². The Morgan fingerprint density at radius 1 is 1.50 bits per heavy atom. The Balaban J connectivity index is 2.19. The van der Waals surface area contributed by atoms with Crippen molar-refractivity contribution in [3.8, 4) is 0 Å². The zero-order chi connectivity index (χ0) is 14.8. The van der Waals surface area contributed by atoms with E-state index in [0.29, 0.717) is 24.1 Å². The molecule has 1 unspecified atom stereocenters. The fourth-order valence-corrected chi connectivity index (χ4v) is 4.17. The summed E-state index contributed by atoms with van der Waals surface area (Å²) >= 11 is 3.14. The van der Waals surface area contributed by atoms with Crippen molar-refractivity contribution >= 4 is 31.8 Å². The number of hydrogen-bond acceptors (Lipinski definition) is 3. The lowest BCUT2D eigenvalue weighted by molar-refractivity contribution is 0.273. The number of para-hydroxylation sites is 1. The summed E-state index contributed by atoms with van der Waals surface area (Å²) < 4.78 is 42.3. The van der Waals surface area contributed by atoms with E-state index in [1.165, 1.54) is 16.4 Å². The van der Waals surface area contributed by atoms with Gasteiger partial charge in [0, 0.05) is 17.6 Å². The van der Waals surface area contributed by atoms with Crippen LogP contribution in [-0.2, 0) is 10.2 Å². The minimum atomic E-state index is -3.77. The van der Waals surface area contributed by atoms with Gasteiger partial charge in [0.25, 0.3) is 0 Å². The lowest BCUT2D eigenvalue weighted by atomic mass is 10.0. The molecule has 2 rings (SSSR count). The van der Waals surface area contributed by atoms with Crippen LogP contribution in [0.1, 0.15) is 12.8 Å². The van der Waals surface area contributed by atoms with E-state index < -0.39 is 16.0 Å². The van der Waals surface area contributed by atoms with Gasteiger partial charge in [-0.2, -0.15) is 12.7 Å². The lowest BCUT2D eigenvalue weighted by Crippen LogP contribution is -2.44. The first-order valence-electron chi connectivity index (χ1n) is 6.36. The summed E-state index contributed by atoms with van der Waals surface area (Å²) in [4.78, 5) is 0. The minimum absolute atomic E-state index is 0.0672. The Hall–Kier alpha value is -0.700. The Kier molecular flexibility index (Phi) is 5.00. The Morgan fingerprint density at radius 3 is 2.90 bits per heavy atom. The molecule has 20 heavy (non-hydrogen) atoms. The third-order valence-corrected chi connectivity index (χ3v) is 5.48. The van der Waals surface area contributed by atoms with Crippen molar-refractivity contribution in [2.75, 3.05) is 24.4 Å². The second-order valence-electron chi connectivity index (χ2n) is 4.81. The second-order valence-corrected chi connectivity index (χ2v) is 7.33. The molecule has 5 nitrogen and oxygen atoms in total. The van der Waals surface area contributed by atoms with Crippen LogP contribution < -0.4 is 10.5 Å². The predicted octanol–water partition coefficient (Wildman–Crippen LogP) is 1.92. The van der Waals surface area contributed by atoms with E-state index in [-0.39, 0.29) is 11.6 Å². The summed E-state index contributed by atoms with van der Waals surface area (Å²) in [5.74, 6) is -0.459. The first-order valence-corrected chi connectivity index (χ1v) is 8.59. The van der Waals surface area contributed by atoms with E-state index in [0.717, 1.165) is 12.8 Å². The molecule has 0 aliphatic carbocycles. The van der Waals surface area contributed by atoms with Crippen molar-refractivity contribution in [2.24, 2.45) is 11.7 Å². The third-order valence-electron chi connectivity index (χ3n) is 3.35. The average molecular weight is 366 g/mol. The monoisotopic (exact) mass is 365 g/mol. The van der Waals surface area contributed by atoms with Gasteiger partial charge in [-0.1, -0.05) is 6.07 Å². The van der Waals surface area contributed by atoms with Crippen LogP contribution in [-0.4, -0.2) is 32.4 Å². The highest BCUT2D eigenvalue weighted by atomic mass is 79.9. The van der Waals surface area contributed by atoms with E-state index >= 15 is 0 Å². The van der Waals surface area contributed by atoms with E-state index in [1.54, 1.807) is 6.07 Å². The highest BCUT2D eigenvalue weighted by Gasteiger charge is 2.29. The number of nitrogens with one attached hydrogen (secondary N) is 1. The summed E-state index contributed by atoms with van der Waals surface area (Å²) in [5, 5.41) is 0. The molecular weight excluding hydrogens is 349 g/mol. The van der Waals surface area contributed by atoms with Crippen LogP contribution in [0.4, 0.5) is 10.1 Å². The minimum Gasteiger partial charge on any atom is -0.330 e. The first-order chi connectivity index (χ1) is 9.44. The number of benzene rings is 1. The number of piperidine rings is 1. The van der Waals surface area contributed by atoms with Crippen molar-refractivity contribution in [3.05, 3.63) is 28.5 Å². The third kappa shape index (κ3) is 3.49. The molecule has 1 aliphatic rings. The predicted molar refractivity (Wildman–Crippen MR) is 80.0 cm³/mol. The summed E-state index contributed by atoms with van der Waals surface area (Å²) in [5.41, 5.74) is 5.53. The summed E-state index contributed by atoms with van der Waals surface area (Å²) in [6.45, 7) is 1.26. The molecule has 1 atom stereocenters. The smallest absolute Gasteiger partial charge is 0.301 e. The van der Waals surface area contributed by atoms with E-state index in [1.807, 2.05) is 0 Å². The second kappa shape index (κ2) is 6.38. The fourth-order valence-electron chi connectivity index (χ4n) is 2.23. The topological polar surface area (TPSA) is 75.4 Å². The molecule has 1 fully saturated rings. The molecule has 0 aromatic heterocycles. The zero-order valence-electron chi connectivity index (χ0n) is 10.9. The van der Waals surface area contributed by atoms with Crippen LogP contribution in [0.15, 0.2) is 22.7 Å². The van der Waals surface area contributed by atoms with Gasteiger partial charge in [-0.3, -0.25) is 4.72 Å². The van der Waals surface area contributed by atoms with Crippen LogP contribution in [0.2, 0.25) is 0 Å². The number of hydrogen-bond donors (Lipinski definition) is 2. The fraction of sp³-hybridized carbons (Fsp3) is 0.500. The van der Waals surface area contributed by atoms with Gasteiger partial charge in [0.15, 0.2) is 0 Å². The molecule has 0 radical (unpaired) electrons. The Labute approximate surface area is 126 Å². The standard InChI is InChI=1S/C12H17BrFN3O2S/c13-10-4-1-5-11(14)12(10)16-20(18,19)17-6-2-3-9(7-15)8-17/h1,4-5,9,16H,2-3,6-8,15H2. The molecule has 1 heterocycles. The summed E-state index contributed by atoms with van der Waals surface area (Å²) in [6.07, 6.45) is 1.69. The number of halogens is 2. The molecule has 8 heteroatoms. The van der Waals surface area contributed by atoms with Gasteiger partial charge >= 0.3 is 10.2 Å². The maximum atomic E-state index is 13.7. The molecule has 0 saturated carbocycles. The molecule has 3 N–H and O–H groups in total. The van der Waals surface area contributed by atoms with Gasteiger partial charge in [-0.25, -0.2) is 4.39 Å². The van der Waals surface area contributed by atoms with Crippen LogP contribution in [0.3, 0.4) is 0 Å². The molecule has 0 spiro atoms. The van der Waals surface area contributed by atoms with Crippen molar-refractivity contribution in [3.63, 3.8) is 0 Å². The van der Waals surface area contributed by atoms with Crippen LogP contribution in [0.5, 0.6) is 0 Å². The van der Waals surface area contributed by atoms with Crippen molar-refractivity contribution in [1.29, 1.82) is 0 Å². The van der Waals surface area contributed by atoms with Gasteiger partial charge in [-0.05, 0) is 53.4 Å². The van der Waals surface area contributed by atoms with Gasteiger partial charge in [0.1, 0.15) is 5.82 Å². The molecule has 1 saturated heterocycles. The molecule has 1 aromatic carbocycles. The number of rotatable bonds is 4. The number of anilines is 1. The Bertz CT molecular complexity index is 562. The van der Waals surface area contributed by atoms with E-state index in [2.05, 4.69) is 20.7 Å². The lowest BCUT2D eigenvalue weighted by Gasteiger charge is -2.31. The summed E-state index contributed by atoms with van der Waals surface area (Å²) in [6, 6.07) is 4.30. The first kappa shape index (κ1) is 15.7. The molecule has 112 valence electrons. The van der Waals surface area contributed by atoms with E-state index in [9.17, 15) is 12.8 Å². The van der Waals surface area contributed by atoms with Gasteiger partial charge < -0.3 is 5.73 Å². The van der Waals surface area contributed by atoms with Gasteiger partial charge in [0.2, 0.25) is 0 Å². The van der Waals surface area contributed by atoms with Crippen molar-refractivity contribution < 1.29 is 12.8 Å². The maximum Gasteiger partial charge on any atom is 0.301 e. The van der Waals surface area contributed by atoms with Crippen LogP contribution in [0, 0.1) is 11.7 Å². The molecule has 0 bridgehead atoms. The molecule has 1 aliphatic heterocycles. The average Bonchev–Trinajstić information content (AvgIpc) is 2.43. The molecule has 0 amide bonds. The molecule has 1 aromatic rings. The van der Waals surface area contributed by atoms with E-state index in [4.69, 9.17) is 5.73 Å². The van der Waals surface area contributed by atoms with Crippen LogP contribution >= 0.6 is 15.9 Å². The number of nitrogens with zero attached hydrogens (tertiary/aromatic N) is 1. The number of nitrogens with two attached hydrogens (primary N) is 1. The van der Waals surface area contributed by atoms with Crippen LogP contribution in [0.25, 0.3) is 0 Å². The zero-order valence-corrected chi connectivity index (χ0v) is 13.3.